The van der Waals surface area contributed by atoms with Crippen molar-refractivity contribution in [2.75, 3.05) is 38.3 Å². The predicted octanol–water partition coefficient (Wildman–Crippen LogP) is 2.51. The number of hydrogen-bond donors (Lipinski definition) is 0. The SMILES string of the molecule is CN1C(=O)C(=NC(N2CCOCC2)C(Cl)(Cl)Cl)N(c2ccccc2)C1=O. The highest BCUT2D eigenvalue weighted by molar-refractivity contribution is 6.68. The Labute approximate surface area is 166 Å². The lowest BCUT2D eigenvalue weighted by Gasteiger charge is -2.35. The maximum Gasteiger partial charge on any atom is 0.337 e. The van der Waals surface area contributed by atoms with Gasteiger partial charge in [-0.2, -0.15) is 0 Å². The van der Waals surface area contributed by atoms with E-state index < -0.39 is 21.9 Å². The number of urea groups is 1. The van der Waals surface area contributed by atoms with E-state index in [2.05, 4.69) is 4.99 Å². The number of amidine groups is 1. The van der Waals surface area contributed by atoms with Crippen molar-refractivity contribution in [3.63, 3.8) is 0 Å². The summed E-state index contributed by atoms with van der Waals surface area (Å²) in [6, 6.07) is 8.24. The standard InChI is InChI=1S/C16H17Cl3N4O3/c1-21-13(24)12(23(15(21)25)11-5-3-2-4-6-11)20-14(16(17,18)19)22-7-9-26-10-8-22/h2-6,14H,7-10H2,1H3. The molecule has 0 bridgehead atoms. The van der Waals surface area contributed by atoms with Crippen LogP contribution in [0.4, 0.5) is 10.5 Å². The molecule has 2 aliphatic heterocycles. The summed E-state index contributed by atoms with van der Waals surface area (Å²) in [5.74, 6) is -0.627. The van der Waals surface area contributed by atoms with Gasteiger partial charge in [0.2, 0.25) is 9.63 Å². The summed E-state index contributed by atoms with van der Waals surface area (Å²) >= 11 is 18.4. The highest BCUT2D eigenvalue weighted by atomic mass is 35.6. The Morgan fingerprint density at radius 1 is 1.12 bits per heavy atom. The molecule has 1 unspecified atom stereocenters. The Balaban J connectivity index is 2.03. The molecule has 2 saturated heterocycles. The number of halogens is 3. The molecule has 26 heavy (non-hydrogen) atoms. The lowest BCUT2D eigenvalue weighted by atomic mass is 10.3. The molecule has 3 rings (SSSR count). The lowest BCUT2D eigenvalue weighted by molar-refractivity contribution is -0.119. The number of amides is 3. The Hall–Kier alpha value is -1.38. The van der Waals surface area contributed by atoms with Crippen molar-refractivity contribution in [1.82, 2.24) is 9.80 Å². The summed E-state index contributed by atoms with van der Waals surface area (Å²) in [6.45, 7) is 1.94. The first kappa shape index (κ1) is 19.4. The topological polar surface area (TPSA) is 65.5 Å². The molecule has 0 radical (unpaired) electrons. The van der Waals surface area contributed by atoms with Crippen LogP contribution in [0, 0.1) is 0 Å². The van der Waals surface area contributed by atoms with E-state index >= 15 is 0 Å². The summed E-state index contributed by atoms with van der Waals surface area (Å²) < 4.78 is 3.54. The van der Waals surface area contributed by atoms with Gasteiger partial charge in [-0.1, -0.05) is 53.0 Å². The molecule has 1 atom stereocenters. The molecule has 0 spiro atoms. The van der Waals surface area contributed by atoms with Gasteiger partial charge in [0.25, 0.3) is 5.91 Å². The number of carbonyl (C=O) groups excluding carboxylic acids is 2. The van der Waals surface area contributed by atoms with Crippen molar-refractivity contribution in [1.29, 1.82) is 0 Å². The van der Waals surface area contributed by atoms with Crippen LogP contribution in [0.5, 0.6) is 0 Å². The first-order valence-corrected chi connectivity index (χ1v) is 9.07. The second kappa shape index (κ2) is 7.70. The summed E-state index contributed by atoms with van der Waals surface area (Å²) in [5.41, 5.74) is 0.513. The first-order chi connectivity index (χ1) is 12.3. The third kappa shape index (κ3) is 3.82. The van der Waals surface area contributed by atoms with E-state index in [1.54, 1.807) is 24.3 Å². The highest BCUT2D eigenvalue weighted by Crippen LogP contribution is 2.35. The molecule has 7 nitrogen and oxygen atoms in total. The van der Waals surface area contributed by atoms with Gasteiger partial charge in [-0.3, -0.25) is 14.6 Å². The van der Waals surface area contributed by atoms with Crippen LogP contribution in [0.15, 0.2) is 35.3 Å². The first-order valence-electron chi connectivity index (χ1n) is 7.94. The molecule has 3 amide bonds. The Morgan fingerprint density at radius 2 is 1.73 bits per heavy atom. The molecule has 0 saturated carbocycles. The smallest absolute Gasteiger partial charge is 0.337 e. The number of carbonyl (C=O) groups is 2. The second-order valence-corrected chi connectivity index (χ2v) is 8.20. The van der Waals surface area contributed by atoms with E-state index in [0.29, 0.717) is 32.0 Å². The zero-order valence-electron chi connectivity index (χ0n) is 13.9. The van der Waals surface area contributed by atoms with Crippen LogP contribution < -0.4 is 4.90 Å². The fourth-order valence-corrected chi connectivity index (χ4v) is 3.36. The maximum atomic E-state index is 12.6. The average Bonchev–Trinajstić information content (AvgIpc) is 2.84. The van der Waals surface area contributed by atoms with Crippen LogP contribution >= 0.6 is 34.8 Å². The van der Waals surface area contributed by atoms with Gasteiger partial charge in [-0.05, 0) is 12.1 Å². The molecule has 2 heterocycles. The third-order valence-electron chi connectivity index (χ3n) is 4.13. The number of para-hydroxylation sites is 1. The molecule has 1 aromatic rings. The molecule has 0 aliphatic carbocycles. The van der Waals surface area contributed by atoms with Crippen molar-refractivity contribution in [3.8, 4) is 0 Å². The van der Waals surface area contributed by atoms with E-state index in [1.807, 2.05) is 11.0 Å². The van der Waals surface area contributed by atoms with E-state index in [1.165, 1.54) is 11.9 Å². The molecule has 0 N–H and O–H groups in total. The number of nitrogens with zero attached hydrogens (tertiary/aromatic N) is 4. The number of morpholine rings is 1. The molecule has 2 aliphatic rings. The number of aliphatic imine (C=N–C) groups is 1. The van der Waals surface area contributed by atoms with Gasteiger partial charge in [0.1, 0.15) is 0 Å². The van der Waals surface area contributed by atoms with Crippen molar-refractivity contribution in [2.24, 2.45) is 4.99 Å². The van der Waals surface area contributed by atoms with Crippen molar-refractivity contribution >= 4 is 58.3 Å². The van der Waals surface area contributed by atoms with Gasteiger partial charge in [0.15, 0.2) is 6.17 Å². The minimum atomic E-state index is -1.78. The summed E-state index contributed by atoms with van der Waals surface area (Å²) in [5, 5.41) is 0. The molecule has 10 heteroatoms. The molecule has 2 fully saturated rings. The number of likely N-dealkylation sites (N-methyl/N-ethyl adjacent to an activating group) is 1. The fraction of sp³-hybridized carbons (Fsp3) is 0.438. The van der Waals surface area contributed by atoms with E-state index in [0.717, 1.165) is 4.90 Å². The van der Waals surface area contributed by atoms with Gasteiger partial charge in [0.05, 0.1) is 18.9 Å². The Morgan fingerprint density at radius 3 is 2.31 bits per heavy atom. The number of benzene rings is 1. The van der Waals surface area contributed by atoms with Gasteiger partial charge < -0.3 is 4.74 Å². The third-order valence-corrected chi connectivity index (χ3v) is 4.71. The number of anilines is 1. The van der Waals surface area contributed by atoms with Gasteiger partial charge >= 0.3 is 6.03 Å². The van der Waals surface area contributed by atoms with Crippen LogP contribution in [-0.4, -0.2) is 70.9 Å². The molecule has 1 aromatic carbocycles. The van der Waals surface area contributed by atoms with Gasteiger partial charge in [-0.25, -0.2) is 14.7 Å². The molecular formula is C16H17Cl3N4O3. The minimum absolute atomic E-state index is 0.0773. The van der Waals surface area contributed by atoms with Crippen LogP contribution in [0.2, 0.25) is 0 Å². The van der Waals surface area contributed by atoms with E-state index in [4.69, 9.17) is 39.5 Å². The van der Waals surface area contributed by atoms with Crippen molar-refractivity contribution < 1.29 is 14.3 Å². The second-order valence-electron chi connectivity index (χ2n) is 5.83. The molecular weight excluding hydrogens is 403 g/mol. The summed E-state index contributed by atoms with van der Waals surface area (Å²) in [4.78, 5) is 33.6. The lowest BCUT2D eigenvalue weighted by Crippen LogP contribution is -2.49. The normalized spacial score (nSPS) is 22.4. The number of rotatable bonds is 3. The highest BCUT2D eigenvalue weighted by Gasteiger charge is 2.45. The Bertz CT molecular complexity index is 717. The summed E-state index contributed by atoms with van der Waals surface area (Å²) in [6.07, 6.45) is -0.930. The summed E-state index contributed by atoms with van der Waals surface area (Å²) in [7, 11) is 1.39. The number of hydrogen-bond acceptors (Lipinski definition) is 5. The van der Waals surface area contributed by atoms with Crippen LogP contribution in [0.3, 0.4) is 0 Å². The van der Waals surface area contributed by atoms with Crippen molar-refractivity contribution in [2.45, 2.75) is 9.96 Å². The van der Waals surface area contributed by atoms with Gasteiger partial charge in [0, 0.05) is 20.1 Å². The largest absolute Gasteiger partial charge is 0.379 e. The monoisotopic (exact) mass is 418 g/mol. The van der Waals surface area contributed by atoms with E-state index in [9.17, 15) is 9.59 Å². The van der Waals surface area contributed by atoms with Gasteiger partial charge in [-0.15, -0.1) is 0 Å². The van der Waals surface area contributed by atoms with Crippen LogP contribution in [0.1, 0.15) is 0 Å². The zero-order chi connectivity index (χ0) is 18.9. The zero-order valence-corrected chi connectivity index (χ0v) is 16.2. The maximum absolute atomic E-state index is 12.6. The fourth-order valence-electron chi connectivity index (χ4n) is 2.80. The molecule has 140 valence electrons. The quantitative estimate of drug-likeness (QED) is 0.558. The van der Waals surface area contributed by atoms with E-state index in [-0.39, 0.29) is 5.84 Å². The number of ether oxygens (including phenoxy) is 1. The molecule has 0 aromatic heterocycles. The number of alkyl halides is 3. The Kier molecular flexibility index (Phi) is 5.74. The van der Waals surface area contributed by atoms with Crippen LogP contribution in [-0.2, 0) is 9.53 Å². The average molecular weight is 420 g/mol. The number of imide groups is 1. The van der Waals surface area contributed by atoms with Crippen LogP contribution in [0.25, 0.3) is 0 Å². The van der Waals surface area contributed by atoms with Crippen molar-refractivity contribution in [3.05, 3.63) is 30.3 Å². The predicted molar refractivity (Wildman–Crippen MR) is 101 cm³/mol. The minimum Gasteiger partial charge on any atom is -0.379 e.